The Balaban J connectivity index is 2.53. The molecule has 0 radical (unpaired) electrons. The third-order valence-corrected chi connectivity index (χ3v) is 3.74. The molecule has 1 aromatic carbocycles. The maximum Gasteiger partial charge on any atom is 0.165 e. The smallest absolute Gasteiger partial charge is 0.165 e. The molecule has 1 aromatic rings. The monoisotopic (exact) mass is 243 g/mol. The highest BCUT2D eigenvalue weighted by Gasteiger charge is 2.15. The normalized spacial score (nSPS) is 11.8. The molecule has 90 valence electrons. The minimum atomic E-state index is -0.566. The van der Waals surface area contributed by atoms with Gasteiger partial charge in [-0.3, -0.25) is 0 Å². The molecule has 4 heteroatoms. The van der Waals surface area contributed by atoms with Crippen LogP contribution in [0.5, 0.6) is 5.75 Å². The van der Waals surface area contributed by atoms with Crippen LogP contribution in [0.25, 0.3) is 0 Å². The predicted octanol–water partition coefficient (Wildman–Crippen LogP) is 2.76. The zero-order chi connectivity index (χ0) is 12.2. The summed E-state index contributed by atoms with van der Waals surface area (Å²) < 4.78 is 13.2. The van der Waals surface area contributed by atoms with Crippen LogP contribution >= 0.6 is 11.8 Å². The zero-order valence-electron chi connectivity index (χ0n) is 9.88. The van der Waals surface area contributed by atoms with E-state index in [1.54, 1.807) is 23.9 Å². The lowest BCUT2D eigenvalue weighted by atomic mass is 10.1. The Morgan fingerprint density at radius 2 is 2.12 bits per heavy atom. The van der Waals surface area contributed by atoms with Gasteiger partial charge in [0.05, 0.1) is 0 Å². The van der Waals surface area contributed by atoms with Gasteiger partial charge in [0, 0.05) is 23.4 Å². The Labute approximate surface area is 100 Å². The average Bonchev–Trinajstić information content (AvgIpc) is 2.24. The van der Waals surface area contributed by atoms with Crippen molar-refractivity contribution in [1.82, 2.24) is 5.32 Å². The zero-order valence-corrected chi connectivity index (χ0v) is 10.7. The Bertz CT molecular complexity index is 355. The quantitative estimate of drug-likeness (QED) is 0.834. The first-order valence-corrected chi connectivity index (χ1v) is 6.41. The number of benzene rings is 1. The van der Waals surface area contributed by atoms with Crippen LogP contribution in [0.2, 0.25) is 0 Å². The molecule has 0 aromatic heterocycles. The van der Waals surface area contributed by atoms with E-state index in [0.29, 0.717) is 12.1 Å². The Morgan fingerprint density at radius 3 is 2.75 bits per heavy atom. The second kappa shape index (κ2) is 5.55. The van der Waals surface area contributed by atoms with E-state index < -0.39 is 5.82 Å². The summed E-state index contributed by atoms with van der Waals surface area (Å²) in [6, 6.07) is 4.58. The van der Waals surface area contributed by atoms with Crippen molar-refractivity contribution in [3.05, 3.63) is 29.6 Å². The molecule has 0 saturated heterocycles. The molecular formula is C12H18FNOS. The summed E-state index contributed by atoms with van der Waals surface area (Å²) in [7, 11) is 0. The lowest BCUT2D eigenvalue weighted by Crippen LogP contribution is -2.31. The fourth-order valence-electron chi connectivity index (χ4n) is 1.27. The van der Waals surface area contributed by atoms with Crippen LogP contribution in [0.4, 0.5) is 4.39 Å². The van der Waals surface area contributed by atoms with Crippen molar-refractivity contribution in [2.24, 2.45) is 0 Å². The highest BCUT2D eigenvalue weighted by atomic mass is 32.2. The number of phenols is 1. The molecule has 0 heterocycles. The Morgan fingerprint density at radius 1 is 1.44 bits per heavy atom. The SMILES string of the molecule is CSC(C)(C)CNCc1cccc(F)c1O. The summed E-state index contributed by atoms with van der Waals surface area (Å²) in [5.41, 5.74) is 0.594. The van der Waals surface area contributed by atoms with Crippen LogP contribution < -0.4 is 5.32 Å². The number of halogens is 1. The summed E-state index contributed by atoms with van der Waals surface area (Å²) in [5, 5.41) is 12.7. The molecule has 0 aliphatic rings. The van der Waals surface area contributed by atoms with Gasteiger partial charge in [-0.2, -0.15) is 11.8 Å². The van der Waals surface area contributed by atoms with Crippen LogP contribution in [-0.2, 0) is 6.54 Å². The Kier molecular flexibility index (Phi) is 4.62. The van der Waals surface area contributed by atoms with Crippen LogP contribution in [-0.4, -0.2) is 22.7 Å². The number of phenolic OH excluding ortho intramolecular Hbond substituents is 1. The molecule has 1 rings (SSSR count). The molecule has 0 unspecified atom stereocenters. The molecule has 0 atom stereocenters. The van der Waals surface area contributed by atoms with E-state index in [9.17, 15) is 9.50 Å². The molecule has 0 saturated carbocycles. The van der Waals surface area contributed by atoms with E-state index in [1.807, 2.05) is 0 Å². The number of hydrogen-bond acceptors (Lipinski definition) is 3. The van der Waals surface area contributed by atoms with E-state index in [2.05, 4.69) is 25.4 Å². The van der Waals surface area contributed by atoms with Crippen LogP contribution in [0.3, 0.4) is 0 Å². The summed E-state index contributed by atoms with van der Waals surface area (Å²) in [5.74, 6) is -0.819. The van der Waals surface area contributed by atoms with Crippen molar-refractivity contribution >= 4 is 11.8 Å². The van der Waals surface area contributed by atoms with E-state index in [-0.39, 0.29) is 10.5 Å². The number of rotatable bonds is 5. The molecular weight excluding hydrogens is 225 g/mol. The number of aromatic hydroxyl groups is 1. The number of nitrogens with one attached hydrogen (secondary N) is 1. The number of hydrogen-bond donors (Lipinski definition) is 2. The van der Waals surface area contributed by atoms with Gasteiger partial charge in [-0.05, 0) is 26.2 Å². The largest absolute Gasteiger partial charge is 0.505 e. The van der Waals surface area contributed by atoms with Crippen molar-refractivity contribution in [3.8, 4) is 5.75 Å². The van der Waals surface area contributed by atoms with Gasteiger partial charge >= 0.3 is 0 Å². The van der Waals surface area contributed by atoms with Gasteiger partial charge in [0.1, 0.15) is 0 Å². The predicted molar refractivity (Wildman–Crippen MR) is 67.4 cm³/mol. The average molecular weight is 243 g/mol. The maximum atomic E-state index is 13.0. The van der Waals surface area contributed by atoms with Crippen molar-refractivity contribution in [3.63, 3.8) is 0 Å². The van der Waals surface area contributed by atoms with Crippen LogP contribution in [0, 0.1) is 5.82 Å². The molecule has 0 spiro atoms. The first-order valence-electron chi connectivity index (χ1n) is 5.18. The van der Waals surface area contributed by atoms with E-state index in [1.165, 1.54) is 6.07 Å². The minimum absolute atomic E-state index is 0.142. The lowest BCUT2D eigenvalue weighted by molar-refractivity contribution is 0.422. The number of para-hydroxylation sites is 1. The molecule has 16 heavy (non-hydrogen) atoms. The van der Waals surface area contributed by atoms with Crippen molar-refractivity contribution < 1.29 is 9.50 Å². The van der Waals surface area contributed by atoms with Crippen LogP contribution in [0.15, 0.2) is 18.2 Å². The standard InChI is InChI=1S/C12H18FNOS/c1-12(2,16-3)8-14-7-9-5-4-6-10(13)11(9)15/h4-6,14-15H,7-8H2,1-3H3. The van der Waals surface area contributed by atoms with Crippen molar-refractivity contribution in [2.75, 3.05) is 12.8 Å². The molecule has 2 N–H and O–H groups in total. The van der Waals surface area contributed by atoms with Gasteiger partial charge in [-0.1, -0.05) is 12.1 Å². The van der Waals surface area contributed by atoms with Gasteiger partial charge < -0.3 is 10.4 Å². The highest BCUT2D eigenvalue weighted by molar-refractivity contribution is 7.99. The van der Waals surface area contributed by atoms with Gasteiger partial charge in [-0.15, -0.1) is 0 Å². The topological polar surface area (TPSA) is 32.3 Å². The third kappa shape index (κ3) is 3.68. The van der Waals surface area contributed by atoms with E-state index in [0.717, 1.165) is 6.54 Å². The highest BCUT2D eigenvalue weighted by Crippen LogP contribution is 2.22. The van der Waals surface area contributed by atoms with Crippen molar-refractivity contribution in [1.29, 1.82) is 0 Å². The first kappa shape index (κ1) is 13.3. The summed E-state index contributed by atoms with van der Waals surface area (Å²) in [4.78, 5) is 0. The fraction of sp³-hybridized carbons (Fsp3) is 0.500. The summed E-state index contributed by atoms with van der Waals surface area (Å²) >= 11 is 1.77. The molecule has 2 nitrogen and oxygen atoms in total. The second-order valence-electron chi connectivity index (χ2n) is 4.31. The second-order valence-corrected chi connectivity index (χ2v) is 5.83. The fourth-order valence-corrected chi connectivity index (χ4v) is 1.52. The molecule has 0 fully saturated rings. The van der Waals surface area contributed by atoms with Crippen molar-refractivity contribution in [2.45, 2.75) is 25.1 Å². The molecule has 0 bridgehead atoms. The first-order chi connectivity index (χ1) is 7.46. The van der Waals surface area contributed by atoms with E-state index >= 15 is 0 Å². The summed E-state index contributed by atoms with van der Waals surface area (Å²) in [6.07, 6.45) is 2.06. The molecule has 0 aliphatic heterocycles. The molecule has 0 aliphatic carbocycles. The van der Waals surface area contributed by atoms with Gasteiger partial charge in [0.2, 0.25) is 0 Å². The summed E-state index contributed by atoms with van der Waals surface area (Å²) in [6.45, 7) is 5.56. The third-order valence-electron chi connectivity index (χ3n) is 2.49. The van der Waals surface area contributed by atoms with Gasteiger partial charge in [0.25, 0.3) is 0 Å². The maximum absolute atomic E-state index is 13.0. The van der Waals surface area contributed by atoms with Crippen LogP contribution in [0.1, 0.15) is 19.4 Å². The number of thioether (sulfide) groups is 1. The Hall–Kier alpha value is -0.740. The van der Waals surface area contributed by atoms with E-state index in [4.69, 9.17) is 0 Å². The lowest BCUT2D eigenvalue weighted by Gasteiger charge is -2.22. The molecule has 0 amide bonds. The minimum Gasteiger partial charge on any atom is -0.505 e. The van der Waals surface area contributed by atoms with Gasteiger partial charge in [0.15, 0.2) is 11.6 Å². The van der Waals surface area contributed by atoms with Gasteiger partial charge in [-0.25, -0.2) is 4.39 Å².